The van der Waals surface area contributed by atoms with Crippen LogP contribution in [0.5, 0.6) is 0 Å². The fraction of sp³-hybridized carbons (Fsp3) is 0.700. The summed E-state index contributed by atoms with van der Waals surface area (Å²) in [5.74, 6) is 1.21. The zero-order valence-electron chi connectivity index (χ0n) is 67.0. The number of carbonyl (C=O) groups is 2. The molecule has 7 aliphatic heterocycles. The number of nitrogens with two attached hydrogens (primary N) is 2. The molecule has 20 N–H and O–H groups in total. The summed E-state index contributed by atoms with van der Waals surface area (Å²) < 4.78 is 179. The smallest absolute Gasteiger partial charge is 0.756 e. The van der Waals surface area contributed by atoms with Crippen molar-refractivity contribution in [3.05, 3.63) is 84.2 Å². The zero-order chi connectivity index (χ0) is 88.9. The van der Waals surface area contributed by atoms with Gasteiger partial charge in [-0.25, -0.2) is 18.2 Å². The second kappa shape index (κ2) is 55.5. The quantitative estimate of drug-likeness (QED) is 0.00982. The Morgan fingerprint density at radius 3 is 1.17 bits per heavy atom. The maximum atomic E-state index is 12.5. The van der Waals surface area contributed by atoms with Crippen LogP contribution in [0.2, 0.25) is 0 Å². The molecule has 51 nitrogen and oxygen atoms in total. The van der Waals surface area contributed by atoms with E-state index in [1.807, 2.05) is 0 Å². The number of amides is 4. The Bertz CT molecular complexity index is 4020. The van der Waals surface area contributed by atoms with Crippen molar-refractivity contribution in [2.24, 2.45) is 11.5 Å². The number of rotatable bonds is 37. The van der Waals surface area contributed by atoms with Gasteiger partial charge in [0, 0.05) is 43.9 Å². The minimum absolute atomic E-state index is 0. The van der Waals surface area contributed by atoms with E-state index >= 15 is 0 Å². The van der Waals surface area contributed by atoms with E-state index in [2.05, 4.69) is 50.0 Å². The molecule has 0 bridgehead atoms. The predicted molar refractivity (Wildman–Crippen MR) is 390 cm³/mol. The van der Waals surface area contributed by atoms with Gasteiger partial charge in [-0.05, 0) is 50.3 Å². The van der Waals surface area contributed by atoms with Gasteiger partial charge in [0.25, 0.3) is 51.5 Å². The number of thioether (sulfide) groups is 1. The molecule has 5 fully saturated rings. The number of aliphatic hydroxyl groups is 14. The molecule has 0 saturated carbocycles. The second-order valence-electron chi connectivity index (χ2n) is 26.0. The number of aliphatic hydroxyl groups excluding tert-OH is 14. The molecular weight excluding hydrogens is 1870 g/mol. The number of hydrogen-bond acceptors (Lipinski definition) is 49. The normalized spacial score (nSPS) is 33.2. The maximum absolute atomic E-state index is 12.5. The van der Waals surface area contributed by atoms with Crippen molar-refractivity contribution < 1.29 is 332 Å². The van der Waals surface area contributed by atoms with Gasteiger partial charge < -0.3 is 165 Å². The molecule has 29 atom stereocenters. The number of hydrogen-bond donors (Lipinski definition) is 19. The molecule has 9 rings (SSSR count). The topological polar surface area (TPSA) is 786 Å². The molecule has 0 radical (unpaired) electrons. The standard InChI is InChI=1S/C22H33N3O18P2S.C20H37N3O17P2S.C13H18O8S.C5H12O2S.4Na/c1-10-2-4-11(5-3-10)46(36,37)39-9-13-15(26)17(28)19(30)21(41-13)42-45(34,35)43-44(32,33)38-8-12-16(27)18(29)20(40-12)25-7-6-14(23)24-22(25)31;1-34-4-5-35-6-7-43-9-11-14(25)15(26)17(28)19(38-11)39-42(32,33)40-41(30,31)36-8-10-13(24)16(27)18(37-10)23-3-2-12(21)22-20(23)29;1-7-2-4-8(5-3-7)22(18,19)20-6-9-10(14)11(15)12(16)13(17)21-9;1-6-2-3-7-4-5-8;;;;/h2-7,12-21,26-30H,8-9,23H2,1H3,(H,24,31)(H,32,33)(H,34,35);2-3,10-19,24-28H,4-9,21H2,1H3,(H,22,29)(H,30,31)(H,32,33);2-5,9-17H,6H2,1H3;8H,2-5H2,1H3;;;;/q;;;;4*+1/p-4/t12?,13?,14?,15-,16+,17-,18+,19?,20?,21+;10?,11?,12?,13-,14+,15+,16-,17?,18?,19-;9?,10-,11-,12?,13?;;;;;/m010...../s1. The van der Waals surface area contributed by atoms with Gasteiger partial charge in [0.05, 0.1) is 94.3 Å². The van der Waals surface area contributed by atoms with Gasteiger partial charge in [0.2, 0.25) is 0 Å². The molecular formula is C60H96N6Na4O45P4S4. The summed E-state index contributed by atoms with van der Waals surface area (Å²) in [6, 6.07) is 9.75. The average Bonchev–Trinajstić information content (AvgIpc) is 1.65. The van der Waals surface area contributed by atoms with Crippen LogP contribution >= 0.6 is 55.7 Å². The van der Waals surface area contributed by atoms with Gasteiger partial charge in [-0.3, -0.25) is 45.5 Å². The number of aryl methyl sites for hydroxylation is 2. The second-order valence-corrected chi connectivity index (χ2v) is 36.6. The van der Waals surface area contributed by atoms with E-state index in [0.29, 0.717) is 45.4 Å². The van der Waals surface area contributed by atoms with Crippen LogP contribution in [0.1, 0.15) is 11.1 Å². The van der Waals surface area contributed by atoms with E-state index in [1.165, 1.54) is 73.6 Å². The van der Waals surface area contributed by atoms with Gasteiger partial charge in [-0.15, -0.1) is 0 Å². The Morgan fingerprint density at radius 1 is 0.455 bits per heavy atom. The Labute approximate surface area is 802 Å². The largest absolute Gasteiger partial charge is 1.00 e. The average molecular weight is 1970 g/mol. The van der Waals surface area contributed by atoms with Crippen molar-refractivity contribution in [3.63, 3.8) is 0 Å². The first-order valence-electron chi connectivity index (χ1n) is 35.0. The summed E-state index contributed by atoms with van der Waals surface area (Å²) in [5.41, 5.74) is 12.7. The summed E-state index contributed by atoms with van der Waals surface area (Å²) >= 11 is 5.16. The Kier molecular flexibility index (Phi) is 54.0. The maximum Gasteiger partial charge on any atom is 1.00 e. The van der Waals surface area contributed by atoms with Crippen molar-refractivity contribution in [1.82, 2.24) is 20.4 Å². The molecule has 2 aromatic rings. The summed E-state index contributed by atoms with van der Waals surface area (Å²) in [5, 5.41) is 145. The van der Waals surface area contributed by atoms with Crippen LogP contribution in [0.25, 0.3) is 0 Å². The molecule has 17 unspecified atom stereocenters. The van der Waals surface area contributed by atoms with Crippen LogP contribution in [0.4, 0.5) is 9.59 Å². The van der Waals surface area contributed by atoms with Crippen LogP contribution < -0.4 is 160 Å². The number of urea groups is 2. The molecule has 0 aliphatic carbocycles. The van der Waals surface area contributed by atoms with Crippen molar-refractivity contribution >= 4 is 88.0 Å². The molecule has 7 aliphatic rings. The molecule has 2 aromatic carbocycles. The minimum Gasteiger partial charge on any atom is -0.756 e. The Morgan fingerprint density at radius 2 is 0.797 bits per heavy atom. The summed E-state index contributed by atoms with van der Waals surface area (Å²) in [6.07, 6.45) is -37.9. The zero-order valence-corrected chi connectivity index (χ0v) is 81.9. The fourth-order valence-corrected chi connectivity index (χ4v) is 17.7. The van der Waals surface area contributed by atoms with Crippen LogP contribution in [0, 0.1) is 13.8 Å². The molecule has 0 spiro atoms. The molecule has 7 heterocycles. The molecule has 123 heavy (non-hydrogen) atoms. The SMILES string of the molecule is COCCOCCS.COCCOCCSCC1O[C@H](OP(=O)([O-])OP(=O)([O-])OCC2OC(N3C=CC(N)NC3=O)[C@H](O)[C@@H]2O)C(O)[C@@H](O)[C@H]1O.Cc1ccc(S(=O)(=O)OCC2OC(O)C(O)[C@@H](O)[C@H]2O)cc1.Cc1ccc(S(=O)(=O)OCC2O[C@H](OP(=O)([O-])OP(=O)([O-])OCC3OC(N4C=CC(N)NC4=O)[C@H](O)[C@@H]3O)C(O)[C@@H](O)[C@H]2O)cc1.[Na+].[Na+].[Na+].[Na+]. The number of nitrogens with one attached hydrogen (secondary N) is 2. The Hall–Kier alpha value is 0.500. The first kappa shape index (κ1) is 120. The fourth-order valence-electron chi connectivity index (χ4n) is 10.6. The van der Waals surface area contributed by atoms with Crippen LogP contribution in [-0.4, -0.2) is 361 Å². The van der Waals surface area contributed by atoms with E-state index in [0.717, 1.165) is 32.9 Å². The number of nitrogens with zero attached hydrogens (tertiary/aromatic N) is 2. The first-order chi connectivity index (χ1) is 55.6. The van der Waals surface area contributed by atoms with Gasteiger partial charge in [-0.1, -0.05) is 35.4 Å². The number of carbonyl (C=O) groups excluding carboxylic acids is 2. The number of phosphoric ester groups is 4. The number of phosphoric acid groups is 4. The van der Waals surface area contributed by atoms with Crippen molar-refractivity contribution in [2.45, 2.75) is 177 Å². The third kappa shape index (κ3) is 37.3. The van der Waals surface area contributed by atoms with E-state index in [1.54, 1.807) is 33.1 Å². The minimum atomic E-state index is -6.06. The molecule has 0 aromatic heterocycles. The number of methoxy groups -OCH3 is 2. The van der Waals surface area contributed by atoms with Gasteiger partial charge in [-0.2, -0.15) is 41.2 Å². The van der Waals surface area contributed by atoms with E-state index in [-0.39, 0.29) is 134 Å². The van der Waals surface area contributed by atoms with Gasteiger partial charge >= 0.3 is 130 Å². The van der Waals surface area contributed by atoms with Crippen LogP contribution in [-0.2, 0) is 116 Å². The van der Waals surface area contributed by atoms with Crippen molar-refractivity contribution in [3.8, 4) is 0 Å². The third-order valence-electron chi connectivity index (χ3n) is 17.0. The van der Waals surface area contributed by atoms with Crippen molar-refractivity contribution in [1.29, 1.82) is 0 Å². The molecule has 4 amide bonds. The van der Waals surface area contributed by atoms with Crippen LogP contribution in [0.15, 0.2) is 82.9 Å². The van der Waals surface area contributed by atoms with Crippen LogP contribution in [0.3, 0.4) is 0 Å². The van der Waals surface area contributed by atoms with Crippen molar-refractivity contribution in [2.75, 3.05) is 97.5 Å². The summed E-state index contributed by atoms with van der Waals surface area (Å²) in [4.78, 5) is 74.8. The molecule has 684 valence electrons. The number of ether oxygens (including phenoxy) is 9. The Balaban J connectivity index is 0.000000615. The van der Waals surface area contributed by atoms with E-state index in [9.17, 15) is 136 Å². The molecule has 63 heteroatoms. The van der Waals surface area contributed by atoms with E-state index in [4.69, 9.17) is 62.5 Å². The number of thiol groups is 1. The molecule has 5 saturated heterocycles. The van der Waals surface area contributed by atoms with Gasteiger partial charge in [0.15, 0.2) is 31.3 Å². The van der Waals surface area contributed by atoms with Gasteiger partial charge in [0.1, 0.15) is 104 Å². The monoisotopic (exact) mass is 1960 g/mol. The number of benzene rings is 2. The summed E-state index contributed by atoms with van der Waals surface area (Å²) in [7, 11) is -28.9. The third-order valence-corrected chi connectivity index (χ3v) is 25.9. The predicted octanol–water partition coefficient (Wildman–Crippen LogP) is -21.7. The summed E-state index contributed by atoms with van der Waals surface area (Å²) in [6.45, 7) is 2.82. The van der Waals surface area contributed by atoms with E-state index < -0.39 is 244 Å². The first-order valence-corrected chi connectivity index (χ1v) is 45.5.